The number of esters is 1. The molecule has 0 radical (unpaired) electrons. The number of carboxylic acid groups (broad SMARTS) is 1. The molecule has 0 rings (SSSR count). The van der Waals surface area contributed by atoms with Gasteiger partial charge in [-0.3, -0.25) is 4.79 Å². The van der Waals surface area contributed by atoms with Crippen LogP contribution in [-0.4, -0.2) is 24.2 Å². The summed E-state index contributed by atoms with van der Waals surface area (Å²) in [6.45, 7) is 4.76. The fourth-order valence-electron chi connectivity index (χ4n) is 0.0833. The van der Waals surface area contributed by atoms with Crippen LogP contribution in [0.3, 0.4) is 0 Å². The minimum absolute atomic E-state index is 0. The second-order valence-electron chi connectivity index (χ2n) is 1.47. The molecule has 0 bridgehead atoms. The molecule has 0 aliphatic rings. The summed E-state index contributed by atoms with van der Waals surface area (Å²) in [6.07, 6.45) is 1.33. The number of hydrogen-bond acceptors (Lipinski definition) is 3. The average Bonchev–Trinajstić information content (AvgIpc) is 2.04. The van der Waals surface area contributed by atoms with Crippen molar-refractivity contribution in [2.45, 2.75) is 13.3 Å². The Bertz CT molecular complexity index is 144. The number of aliphatic carboxylic acids is 1. The molecular formula is C7H12O4Zn. The van der Waals surface area contributed by atoms with Gasteiger partial charge in [0.05, 0.1) is 7.11 Å². The van der Waals surface area contributed by atoms with Gasteiger partial charge in [-0.05, 0) is 0 Å². The van der Waals surface area contributed by atoms with Gasteiger partial charge in [0.2, 0.25) is 0 Å². The Morgan fingerprint density at radius 3 is 1.92 bits per heavy atom. The van der Waals surface area contributed by atoms with E-state index in [0.717, 1.165) is 6.08 Å². The standard InChI is InChI=1S/C4H6O2.C3H6O2.Zn/c1-3-4(5)6-2;1-2-3(4)5;/h3H,1H2,2H3;2H2,1H3,(H,4,5);. The first-order valence-electron chi connectivity index (χ1n) is 3.00. The molecule has 0 saturated heterocycles. The zero-order chi connectivity index (χ0) is 9.28. The Kier molecular flexibility index (Phi) is 18.8. The molecule has 0 amide bonds. The van der Waals surface area contributed by atoms with E-state index in [1.54, 1.807) is 6.92 Å². The summed E-state index contributed by atoms with van der Waals surface area (Å²) in [5, 5.41) is 7.72. The Morgan fingerprint density at radius 1 is 1.58 bits per heavy atom. The van der Waals surface area contributed by atoms with Crippen molar-refractivity contribution in [2.24, 2.45) is 0 Å². The molecule has 66 valence electrons. The summed E-state index contributed by atoms with van der Waals surface area (Å²) in [6, 6.07) is 0. The van der Waals surface area contributed by atoms with Gasteiger partial charge in [-0.15, -0.1) is 0 Å². The van der Waals surface area contributed by atoms with E-state index < -0.39 is 11.9 Å². The molecule has 4 nitrogen and oxygen atoms in total. The van der Waals surface area contributed by atoms with Crippen LogP contribution < -0.4 is 0 Å². The number of carboxylic acids is 1. The fourth-order valence-corrected chi connectivity index (χ4v) is 0.0833. The maximum absolute atomic E-state index is 9.84. The van der Waals surface area contributed by atoms with Gasteiger partial charge in [-0.1, -0.05) is 13.5 Å². The summed E-state index contributed by atoms with van der Waals surface area (Å²) < 4.78 is 4.14. The topological polar surface area (TPSA) is 63.6 Å². The van der Waals surface area contributed by atoms with Crippen LogP contribution >= 0.6 is 0 Å². The zero-order valence-corrected chi connectivity index (χ0v) is 10.3. The molecule has 0 atom stereocenters. The van der Waals surface area contributed by atoms with E-state index in [2.05, 4.69) is 11.3 Å². The van der Waals surface area contributed by atoms with Crippen LogP contribution in [0.1, 0.15) is 13.3 Å². The molecule has 12 heavy (non-hydrogen) atoms. The van der Waals surface area contributed by atoms with Crippen LogP contribution in [0.4, 0.5) is 0 Å². The van der Waals surface area contributed by atoms with Gasteiger partial charge >= 0.3 is 11.9 Å². The minimum atomic E-state index is -0.745. The van der Waals surface area contributed by atoms with Crippen LogP contribution in [-0.2, 0) is 33.8 Å². The van der Waals surface area contributed by atoms with Crippen LogP contribution in [0, 0.1) is 0 Å². The smallest absolute Gasteiger partial charge is 0.329 e. The normalized spacial score (nSPS) is 6.50. The Morgan fingerprint density at radius 2 is 1.92 bits per heavy atom. The minimum Gasteiger partial charge on any atom is -0.481 e. The first-order chi connectivity index (χ1) is 5.08. The van der Waals surface area contributed by atoms with Crippen molar-refractivity contribution in [3.63, 3.8) is 0 Å². The van der Waals surface area contributed by atoms with E-state index in [1.807, 2.05) is 0 Å². The summed E-state index contributed by atoms with van der Waals surface area (Å²) in [5.74, 6) is -1.14. The molecule has 0 saturated carbocycles. The third-order valence-corrected chi connectivity index (χ3v) is 0.670. The molecule has 5 heteroatoms. The Hall–Kier alpha value is -0.697. The predicted octanol–water partition coefficient (Wildman–Crippen LogP) is 0.824. The van der Waals surface area contributed by atoms with Gasteiger partial charge in [-0.2, -0.15) is 0 Å². The number of carbonyl (C=O) groups is 2. The molecule has 0 aliphatic heterocycles. The summed E-state index contributed by atoms with van der Waals surface area (Å²) in [7, 11) is 1.31. The number of hydrogen-bond donors (Lipinski definition) is 1. The summed E-state index contributed by atoms with van der Waals surface area (Å²) >= 11 is 0. The number of carbonyl (C=O) groups excluding carboxylic acids is 1. The second-order valence-corrected chi connectivity index (χ2v) is 1.47. The SMILES string of the molecule is C=CC(=O)OC.CCC(=O)O.[Zn]. The van der Waals surface area contributed by atoms with E-state index in [9.17, 15) is 9.59 Å². The van der Waals surface area contributed by atoms with Crippen molar-refractivity contribution >= 4 is 11.9 Å². The first-order valence-corrected chi connectivity index (χ1v) is 3.00. The third kappa shape index (κ3) is 22.8. The zero-order valence-electron chi connectivity index (χ0n) is 7.37. The Balaban J connectivity index is -0.000000126. The van der Waals surface area contributed by atoms with Crippen molar-refractivity contribution in [1.29, 1.82) is 0 Å². The molecule has 0 spiro atoms. The van der Waals surface area contributed by atoms with Crippen molar-refractivity contribution < 1.29 is 38.9 Å². The van der Waals surface area contributed by atoms with E-state index in [0.29, 0.717) is 0 Å². The number of ether oxygens (including phenoxy) is 1. The van der Waals surface area contributed by atoms with E-state index in [-0.39, 0.29) is 25.9 Å². The van der Waals surface area contributed by atoms with E-state index in [1.165, 1.54) is 7.11 Å². The molecule has 0 aromatic rings. The van der Waals surface area contributed by atoms with Crippen LogP contribution in [0.25, 0.3) is 0 Å². The van der Waals surface area contributed by atoms with Gasteiger partial charge in [0.1, 0.15) is 0 Å². The maximum Gasteiger partial charge on any atom is 0.329 e. The largest absolute Gasteiger partial charge is 0.481 e. The van der Waals surface area contributed by atoms with Crippen molar-refractivity contribution in [3.8, 4) is 0 Å². The molecule has 0 aliphatic carbocycles. The van der Waals surface area contributed by atoms with Crippen molar-refractivity contribution in [2.75, 3.05) is 7.11 Å². The van der Waals surface area contributed by atoms with Crippen molar-refractivity contribution in [1.82, 2.24) is 0 Å². The molecule has 0 heterocycles. The monoisotopic (exact) mass is 224 g/mol. The first kappa shape index (κ1) is 17.4. The van der Waals surface area contributed by atoms with E-state index in [4.69, 9.17) is 5.11 Å². The number of rotatable bonds is 2. The second kappa shape index (κ2) is 12.9. The van der Waals surface area contributed by atoms with Gasteiger partial charge in [-0.25, -0.2) is 4.79 Å². The van der Waals surface area contributed by atoms with Gasteiger partial charge in [0.25, 0.3) is 0 Å². The summed E-state index contributed by atoms with van der Waals surface area (Å²) in [4.78, 5) is 19.2. The molecule has 0 aromatic heterocycles. The quantitative estimate of drug-likeness (QED) is 0.429. The van der Waals surface area contributed by atoms with Crippen molar-refractivity contribution in [3.05, 3.63) is 12.7 Å². The van der Waals surface area contributed by atoms with Crippen LogP contribution in [0.2, 0.25) is 0 Å². The molecular weight excluding hydrogens is 213 g/mol. The molecule has 1 N–H and O–H groups in total. The molecule has 0 unspecified atom stereocenters. The van der Waals surface area contributed by atoms with Gasteiger partial charge < -0.3 is 9.84 Å². The maximum atomic E-state index is 9.84. The average molecular weight is 226 g/mol. The van der Waals surface area contributed by atoms with Crippen LogP contribution in [0.15, 0.2) is 12.7 Å². The third-order valence-electron chi connectivity index (χ3n) is 0.670. The number of methoxy groups -OCH3 is 1. The summed E-state index contributed by atoms with van der Waals surface area (Å²) in [5.41, 5.74) is 0. The Labute approximate surface area is 84.4 Å². The van der Waals surface area contributed by atoms with Crippen LogP contribution in [0.5, 0.6) is 0 Å². The van der Waals surface area contributed by atoms with Gasteiger partial charge in [0, 0.05) is 32.0 Å². The molecule has 0 fully saturated rings. The van der Waals surface area contributed by atoms with Gasteiger partial charge in [0.15, 0.2) is 0 Å². The predicted molar refractivity (Wildman–Crippen MR) is 40.1 cm³/mol. The van der Waals surface area contributed by atoms with E-state index >= 15 is 0 Å². The molecule has 0 aromatic carbocycles. The fraction of sp³-hybridized carbons (Fsp3) is 0.429.